The number of carboxylic acids is 1. The van der Waals surface area contributed by atoms with Crippen LogP contribution in [0.1, 0.15) is 48.0 Å². The molecule has 1 aliphatic heterocycles. The van der Waals surface area contributed by atoms with Gasteiger partial charge in [-0.2, -0.15) is 0 Å². The van der Waals surface area contributed by atoms with Gasteiger partial charge in [-0.15, -0.1) is 0 Å². The van der Waals surface area contributed by atoms with Crippen molar-refractivity contribution in [2.24, 2.45) is 11.3 Å². The normalized spacial score (nSPS) is 16.7. The van der Waals surface area contributed by atoms with Crippen LogP contribution in [0.3, 0.4) is 0 Å². The molecule has 29 heavy (non-hydrogen) atoms. The number of amides is 1. The largest absolute Gasteiger partial charge is 0.481 e. The van der Waals surface area contributed by atoms with Gasteiger partial charge in [-0.25, -0.2) is 0 Å². The SMILES string of the molecule is CC(C)(C)CNC(=O)c1noc2c1CCc1cc(CN3CC(C(=O)O)C3)ccc1-2. The molecule has 1 aliphatic carbocycles. The highest BCUT2D eigenvalue weighted by Gasteiger charge is 2.33. The van der Waals surface area contributed by atoms with E-state index in [1.807, 2.05) is 12.1 Å². The predicted molar refractivity (Wildman–Crippen MR) is 108 cm³/mol. The van der Waals surface area contributed by atoms with Crippen LogP contribution in [0.25, 0.3) is 11.3 Å². The molecule has 0 bridgehead atoms. The van der Waals surface area contributed by atoms with Crippen LogP contribution >= 0.6 is 0 Å². The van der Waals surface area contributed by atoms with Gasteiger partial charge < -0.3 is 14.9 Å². The number of benzene rings is 1. The number of carboxylic acid groups (broad SMARTS) is 1. The fourth-order valence-electron chi connectivity index (χ4n) is 3.91. The number of aliphatic carboxylic acids is 1. The van der Waals surface area contributed by atoms with Crippen molar-refractivity contribution in [3.63, 3.8) is 0 Å². The first kappa shape index (κ1) is 19.6. The van der Waals surface area contributed by atoms with Crippen LogP contribution in [-0.2, 0) is 24.2 Å². The van der Waals surface area contributed by atoms with E-state index in [0.29, 0.717) is 31.1 Å². The highest BCUT2D eigenvalue weighted by Crippen LogP contribution is 2.36. The third-order valence-corrected chi connectivity index (χ3v) is 5.55. The first-order valence-electron chi connectivity index (χ1n) is 10.1. The van der Waals surface area contributed by atoms with E-state index in [4.69, 9.17) is 9.63 Å². The van der Waals surface area contributed by atoms with Crippen molar-refractivity contribution in [2.45, 2.75) is 40.2 Å². The number of aromatic nitrogens is 1. The molecule has 0 unspecified atom stereocenters. The maximum absolute atomic E-state index is 12.5. The number of likely N-dealkylation sites (tertiary alicyclic amines) is 1. The van der Waals surface area contributed by atoms with Crippen LogP contribution < -0.4 is 5.32 Å². The fraction of sp³-hybridized carbons (Fsp3) is 0.500. The van der Waals surface area contributed by atoms with Crippen molar-refractivity contribution in [3.05, 3.63) is 40.6 Å². The van der Waals surface area contributed by atoms with E-state index in [-0.39, 0.29) is 17.2 Å². The van der Waals surface area contributed by atoms with Gasteiger partial charge in [0.05, 0.1) is 5.92 Å². The van der Waals surface area contributed by atoms with Crippen LogP contribution in [-0.4, -0.2) is 46.7 Å². The van der Waals surface area contributed by atoms with E-state index in [2.05, 4.69) is 42.2 Å². The molecule has 0 saturated carbocycles. The molecule has 154 valence electrons. The lowest BCUT2D eigenvalue weighted by Crippen LogP contribution is -2.49. The molecular formula is C22H27N3O4. The monoisotopic (exact) mass is 397 g/mol. The van der Waals surface area contributed by atoms with Gasteiger partial charge in [-0.1, -0.05) is 44.1 Å². The Labute approximate surface area is 170 Å². The molecule has 0 radical (unpaired) electrons. The highest BCUT2D eigenvalue weighted by molar-refractivity contribution is 5.95. The minimum atomic E-state index is -0.716. The smallest absolute Gasteiger partial charge is 0.309 e. The number of rotatable bonds is 5. The summed E-state index contributed by atoms with van der Waals surface area (Å²) in [6.45, 7) is 8.75. The average molecular weight is 397 g/mol. The number of aryl methyl sites for hydroxylation is 1. The van der Waals surface area contributed by atoms with Gasteiger partial charge in [-0.3, -0.25) is 14.5 Å². The second kappa shape index (κ2) is 7.30. The van der Waals surface area contributed by atoms with E-state index in [1.54, 1.807) is 0 Å². The number of hydrogen-bond acceptors (Lipinski definition) is 5. The maximum atomic E-state index is 12.5. The quantitative estimate of drug-likeness (QED) is 0.805. The minimum absolute atomic E-state index is 0.00338. The zero-order chi connectivity index (χ0) is 20.8. The first-order valence-corrected chi connectivity index (χ1v) is 10.1. The Morgan fingerprint density at radius 1 is 1.28 bits per heavy atom. The fourth-order valence-corrected chi connectivity index (χ4v) is 3.91. The zero-order valence-corrected chi connectivity index (χ0v) is 17.1. The van der Waals surface area contributed by atoms with E-state index in [0.717, 1.165) is 30.5 Å². The Morgan fingerprint density at radius 2 is 2.03 bits per heavy atom. The second-order valence-electron chi connectivity index (χ2n) is 9.30. The van der Waals surface area contributed by atoms with Crippen LogP contribution in [0.2, 0.25) is 0 Å². The summed E-state index contributed by atoms with van der Waals surface area (Å²) in [6, 6.07) is 6.23. The molecule has 7 nitrogen and oxygen atoms in total. The molecule has 1 fully saturated rings. The van der Waals surface area contributed by atoms with Crippen molar-refractivity contribution >= 4 is 11.9 Å². The molecule has 2 aromatic rings. The van der Waals surface area contributed by atoms with Gasteiger partial charge in [0, 0.05) is 37.3 Å². The van der Waals surface area contributed by atoms with E-state index in [1.165, 1.54) is 11.1 Å². The Kier molecular flexibility index (Phi) is 4.94. The van der Waals surface area contributed by atoms with Gasteiger partial charge in [0.25, 0.3) is 5.91 Å². The Balaban J connectivity index is 1.47. The van der Waals surface area contributed by atoms with Crippen molar-refractivity contribution in [1.29, 1.82) is 0 Å². The number of nitrogens with one attached hydrogen (secondary N) is 1. The summed E-state index contributed by atoms with van der Waals surface area (Å²) < 4.78 is 5.57. The van der Waals surface area contributed by atoms with Crippen molar-refractivity contribution in [3.8, 4) is 11.3 Å². The standard InChI is InChI=1S/C22H27N3O4/c1-22(2,3)12-23-20(26)18-17-7-5-14-8-13(4-6-16(14)19(17)29-24-18)9-25-10-15(11-25)21(27)28/h4,6,8,15H,5,7,9-12H2,1-3H3,(H,23,26)(H,27,28). The predicted octanol–water partition coefficient (Wildman–Crippen LogP) is 2.73. The molecule has 0 atom stereocenters. The summed E-state index contributed by atoms with van der Waals surface area (Å²) >= 11 is 0. The molecule has 7 heteroatoms. The summed E-state index contributed by atoms with van der Waals surface area (Å²) in [5, 5.41) is 16.0. The van der Waals surface area contributed by atoms with Gasteiger partial charge >= 0.3 is 5.97 Å². The molecule has 2 heterocycles. The highest BCUT2D eigenvalue weighted by atomic mass is 16.5. The van der Waals surface area contributed by atoms with E-state index in [9.17, 15) is 9.59 Å². The number of fused-ring (bicyclic) bond motifs is 3. The van der Waals surface area contributed by atoms with Crippen molar-refractivity contribution < 1.29 is 19.2 Å². The molecule has 0 spiro atoms. The molecule has 4 rings (SSSR count). The lowest BCUT2D eigenvalue weighted by atomic mass is 9.88. The topological polar surface area (TPSA) is 95.7 Å². The van der Waals surface area contributed by atoms with Crippen LogP contribution in [0.4, 0.5) is 0 Å². The molecule has 1 saturated heterocycles. The number of carbonyl (C=O) groups is 2. The molecule has 1 aromatic heterocycles. The summed E-state index contributed by atoms with van der Waals surface area (Å²) in [5.74, 6) is -0.455. The van der Waals surface area contributed by atoms with Crippen LogP contribution in [0.15, 0.2) is 22.7 Å². The third kappa shape index (κ3) is 4.05. The molecule has 2 aliphatic rings. The van der Waals surface area contributed by atoms with Crippen LogP contribution in [0, 0.1) is 11.3 Å². The number of nitrogens with zero attached hydrogens (tertiary/aromatic N) is 2. The summed E-state index contributed by atoms with van der Waals surface area (Å²) in [4.78, 5) is 25.6. The first-order chi connectivity index (χ1) is 13.7. The minimum Gasteiger partial charge on any atom is -0.481 e. The van der Waals surface area contributed by atoms with Crippen molar-refractivity contribution in [1.82, 2.24) is 15.4 Å². The maximum Gasteiger partial charge on any atom is 0.309 e. The number of carbonyl (C=O) groups excluding carboxylic acids is 1. The Morgan fingerprint density at radius 3 is 2.72 bits per heavy atom. The van der Waals surface area contributed by atoms with Gasteiger partial charge in [-0.05, 0) is 29.4 Å². The zero-order valence-electron chi connectivity index (χ0n) is 17.1. The van der Waals surface area contributed by atoms with Gasteiger partial charge in [0.1, 0.15) is 0 Å². The van der Waals surface area contributed by atoms with Gasteiger partial charge in [0.15, 0.2) is 11.5 Å². The van der Waals surface area contributed by atoms with E-state index >= 15 is 0 Å². The van der Waals surface area contributed by atoms with E-state index < -0.39 is 5.97 Å². The molecule has 2 N–H and O–H groups in total. The lowest BCUT2D eigenvalue weighted by molar-refractivity contribution is -0.147. The molecular weight excluding hydrogens is 370 g/mol. The summed E-state index contributed by atoms with van der Waals surface area (Å²) in [6.07, 6.45) is 1.55. The average Bonchev–Trinajstić information content (AvgIpc) is 3.05. The van der Waals surface area contributed by atoms with Gasteiger partial charge in [0.2, 0.25) is 0 Å². The Hall–Kier alpha value is -2.67. The number of hydrogen-bond donors (Lipinski definition) is 2. The third-order valence-electron chi connectivity index (χ3n) is 5.55. The van der Waals surface area contributed by atoms with Crippen LogP contribution in [0.5, 0.6) is 0 Å². The molecule has 1 aromatic carbocycles. The summed E-state index contributed by atoms with van der Waals surface area (Å²) in [5.41, 5.74) is 4.61. The summed E-state index contributed by atoms with van der Waals surface area (Å²) in [7, 11) is 0. The lowest BCUT2D eigenvalue weighted by Gasteiger charge is -2.36. The molecule has 1 amide bonds. The van der Waals surface area contributed by atoms with Crippen molar-refractivity contribution in [2.75, 3.05) is 19.6 Å². The second-order valence-corrected chi connectivity index (χ2v) is 9.30. The Bertz CT molecular complexity index is 951.